The van der Waals surface area contributed by atoms with Gasteiger partial charge in [0.25, 0.3) is 0 Å². The Balaban J connectivity index is 1.29. The fourth-order valence-electron chi connectivity index (χ4n) is 3.60. The molecule has 0 aromatic carbocycles. The summed E-state index contributed by atoms with van der Waals surface area (Å²) in [5, 5.41) is 8.39. The number of fused-ring (bicyclic) bond motifs is 1. The summed E-state index contributed by atoms with van der Waals surface area (Å²) in [6, 6.07) is 1.84. The summed E-state index contributed by atoms with van der Waals surface area (Å²) < 4.78 is 12.0. The summed E-state index contributed by atoms with van der Waals surface area (Å²) in [6.07, 6.45) is 8.10. The molecule has 1 aliphatic carbocycles. The molecule has 7 heteroatoms. The summed E-state index contributed by atoms with van der Waals surface area (Å²) in [4.78, 5) is 10.9. The first-order valence-corrected chi connectivity index (χ1v) is 8.37. The maximum absolute atomic E-state index is 6.22. The number of aromatic nitrogens is 4. The number of ether oxygens (including phenoxy) is 1. The molecule has 0 N–H and O–H groups in total. The van der Waals surface area contributed by atoms with E-state index in [0.717, 1.165) is 37.8 Å². The molecule has 0 amide bonds. The molecule has 0 radical (unpaired) electrons. The average Bonchev–Trinajstić information content (AvgIpc) is 3.18. The van der Waals surface area contributed by atoms with Crippen LogP contribution in [0, 0.1) is 5.92 Å². The molecule has 2 aliphatic heterocycles. The van der Waals surface area contributed by atoms with Crippen molar-refractivity contribution in [1.29, 1.82) is 0 Å². The average molecular weight is 313 g/mol. The first kappa shape index (κ1) is 13.4. The van der Waals surface area contributed by atoms with Crippen molar-refractivity contribution in [2.75, 3.05) is 18.0 Å². The Bertz CT molecular complexity index is 687. The summed E-state index contributed by atoms with van der Waals surface area (Å²) in [5.74, 6) is 3.27. The highest BCUT2D eigenvalue weighted by Crippen LogP contribution is 2.43. The number of hydrogen-bond acceptors (Lipinski definition) is 7. The van der Waals surface area contributed by atoms with E-state index in [0.29, 0.717) is 17.7 Å². The van der Waals surface area contributed by atoms with Crippen LogP contribution in [0.5, 0.6) is 0 Å². The Kier molecular flexibility index (Phi) is 3.07. The van der Waals surface area contributed by atoms with Crippen molar-refractivity contribution in [1.82, 2.24) is 20.2 Å². The van der Waals surface area contributed by atoms with E-state index in [1.807, 2.05) is 6.07 Å². The van der Waals surface area contributed by atoms with Gasteiger partial charge in [0.15, 0.2) is 0 Å². The predicted molar refractivity (Wildman–Crippen MR) is 80.9 cm³/mol. The molecule has 2 aromatic rings. The lowest BCUT2D eigenvalue weighted by Gasteiger charge is -2.33. The lowest BCUT2D eigenvalue weighted by molar-refractivity contribution is 0.0183. The molecule has 23 heavy (non-hydrogen) atoms. The first-order valence-electron chi connectivity index (χ1n) is 8.37. The monoisotopic (exact) mass is 313 g/mol. The standard InChI is InChI=1S/C16H19N5O2/c1-5-17-16(18-6-1)21-7-4-11-8-12(22-13(11)9-21)15-20-19-14(23-15)10-2-3-10/h1,5-6,10-13H,2-4,7-9H2/t11-,12+,13+/m0/s1. The van der Waals surface area contributed by atoms with Crippen LogP contribution < -0.4 is 4.90 Å². The second kappa shape index (κ2) is 5.26. The minimum Gasteiger partial charge on any atom is -0.422 e. The van der Waals surface area contributed by atoms with Gasteiger partial charge < -0.3 is 14.1 Å². The molecule has 2 aromatic heterocycles. The summed E-state index contributed by atoms with van der Waals surface area (Å²) in [6.45, 7) is 1.80. The van der Waals surface area contributed by atoms with E-state index in [-0.39, 0.29) is 12.2 Å². The Morgan fingerprint density at radius 3 is 2.70 bits per heavy atom. The van der Waals surface area contributed by atoms with Gasteiger partial charge in [-0.1, -0.05) is 0 Å². The van der Waals surface area contributed by atoms with Crippen molar-refractivity contribution in [2.24, 2.45) is 5.92 Å². The van der Waals surface area contributed by atoms with E-state index in [2.05, 4.69) is 25.1 Å². The zero-order valence-corrected chi connectivity index (χ0v) is 12.8. The SMILES string of the molecule is c1cnc(N2CC[C@H]3C[C@H](c4nnc(C5CC5)o4)O[C@@H]3C2)nc1. The van der Waals surface area contributed by atoms with Crippen molar-refractivity contribution in [3.63, 3.8) is 0 Å². The van der Waals surface area contributed by atoms with Crippen molar-refractivity contribution < 1.29 is 9.15 Å². The van der Waals surface area contributed by atoms with Gasteiger partial charge in [0.1, 0.15) is 6.10 Å². The summed E-state index contributed by atoms with van der Waals surface area (Å²) in [7, 11) is 0. The Hall–Kier alpha value is -2.02. The third kappa shape index (κ3) is 2.49. The number of hydrogen-bond donors (Lipinski definition) is 0. The molecule has 2 saturated heterocycles. The third-order valence-corrected chi connectivity index (χ3v) is 5.05. The van der Waals surface area contributed by atoms with Crippen LogP contribution in [-0.4, -0.2) is 39.4 Å². The van der Waals surface area contributed by atoms with Gasteiger partial charge in [-0.3, -0.25) is 0 Å². The lowest BCUT2D eigenvalue weighted by Crippen LogP contribution is -2.43. The van der Waals surface area contributed by atoms with Crippen LogP contribution in [0.1, 0.15) is 49.5 Å². The second-order valence-corrected chi connectivity index (χ2v) is 6.70. The van der Waals surface area contributed by atoms with Gasteiger partial charge in [0.05, 0.1) is 6.10 Å². The van der Waals surface area contributed by atoms with E-state index in [4.69, 9.17) is 9.15 Å². The van der Waals surface area contributed by atoms with E-state index < -0.39 is 0 Å². The van der Waals surface area contributed by atoms with Gasteiger partial charge in [-0.25, -0.2) is 9.97 Å². The zero-order valence-electron chi connectivity index (χ0n) is 12.8. The van der Waals surface area contributed by atoms with Crippen LogP contribution >= 0.6 is 0 Å². The molecule has 3 fully saturated rings. The third-order valence-electron chi connectivity index (χ3n) is 5.05. The van der Waals surface area contributed by atoms with Crippen LogP contribution in [0.2, 0.25) is 0 Å². The van der Waals surface area contributed by atoms with Crippen LogP contribution in [-0.2, 0) is 4.74 Å². The van der Waals surface area contributed by atoms with E-state index in [1.165, 1.54) is 12.8 Å². The maximum atomic E-state index is 6.22. The quantitative estimate of drug-likeness (QED) is 0.858. The predicted octanol–water partition coefficient (Wildman–Crippen LogP) is 2.09. The fourth-order valence-corrected chi connectivity index (χ4v) is 3.60. The first-order chi connectivity index (χ1) is 11.4. The molecule has 4 heterocycles. The van der Waals surface area contributed by atoms with Crippen molar-refractivity contribution >= 4 is 5.95 Å². The van der Waals surface area contributed by atoms with Crippen LogP contribution in [0.15, 0.2) is 22.9 Å². The van der Waals surface area contributed by atoms with Gasteiger partial charge in [0, 0.05) is 31.4 Å². The van der Waals surface area contributed by atoms with Gasteiger partial charge >= 0.3 is 0 Å². The van der Waals surface area contributed by atoms with Crippen LogP contribution in [0.25, 0.3) is 0 Å². The highest BCUT2D eigenvalue weighted by molar-refractivity contribution is 5.30. The van der Waals surface area contributed by atoms with Gasteiger partial charge in [0.2, 0.25) is 17.7 Å². The van der Waals surface area contributed by atoms with E-state index in [9.17, 15) is 0 Å². The van der Waals surface area contributed by atoms with Crippen molar-refractivity contribution in [3.05, 3.63) is 30.2 Å². The Morgan fingerprint density at radius 2 is 1.87 bits per heavy atom. The van der Waals surface area contributed by atoms with Crippen LogP contribution in [0.4, 0.5) is 5.95 Å². The van der Waals surface area contributed by atoms with E-state index in [1.54, 1.807) is 12.4 Å². The molecule has 3 aliphatic rings. The molecule has 0 bridgehead atoms. The van der Waals surface area contributed by atoms with E-state index >= 15 is 0 Å². The molecular formula is C16H19N5O2. The van der Waals surface area contributed by atoms with Gasteiger partial charge in [-0.05, 0) is 37.7 Å². The number of nitrogens with zero attached hydrogens (tertiary/aromatic N) is 5. The molecule has 7 nitrogen and oxygen atoms in total. The van der Waals surface area contributed by atoms with Gasteiger partial charge in [-0.2, -0.15) is 0 Å². The smallest absolute Gasteiger partial charge is 0.245 e. The molecule has 1 saturated carbocycles. The zero-order chi connectivity index (χ0) is 15.2. The fraction of sp³-hybridized carbons (Fsp3) is 0.625. The molecular weight excluding hydrogens is 294 g/mol. The molecule has 3 atom stereocenters. The topological polar surface area (TPSA) is 77.2 Å². The minimum absolute atomic E-state index is 0.0540. The van der Waals surface area contributed by atoms with Crippen molar-refractivity contribution in [2.45, 2.75) is 43.8 Å². The second-order valence-electron chi connectivity index (χ2n) is 6.70. The lowest BCUT2D eigenvalue weighted by atomic mass is 9.92. The Morgan fingerprint density at radius 1 is 1.04 bits per heavy atom. The Labute approximate surface area is 134 Å². The molecule has 0 spiro atoms. The minimum atomic E-state index is -0.0540. The summed E-state index contributed by atoms with van der Waals surface area (Å²) >= 11 is 0. The number of anilines is 1. The normalized spacial score (nSPS) is 30.4. The van der Waals surface area contributed by atoms with Crippen molar-refractivity contribution in [3.8, 4) is 0 Å². The molecule has 0 unspecified atom stereocenters. The molecule has 120 valence electrons. The number of piperidine rings is 1. The van der Waals surface area contributed by atoms with Crippen LogP contribution in [0.3, 0.4) is 0 Å². The highest BCUT2D eigenvalue weighted by atomic mass is 16.5. The molecule has 5 rings (SSSR count). The van der Waals surface area contributed by atoms with Gasteiger partial charge in [-0.15, -0.1) is 10.2 Å². The number of rotatable bonds is 3. The summed E-state index contributed by atoms with van der Waals surface area (Å²) in [5.41, 5.74) is 0. The highest BCUT2D eigenvalue weighted by Gasteiger charge is 2.42. The largest absolute Gasteiger partial charge is 0.422 e. The maximum Gasteiger partial charge on any atom is 0.245 e.